The van der Waals surface area contributed by atoms with E-state index in [1.54, 1.807) is 19.2 Å². The van der Waals surface area contributed by atoms with Crippen molar-refractivity contribution in [1.82, 2.24) is 0 Å². The van der Waals surface area contributed by atoms with E-state index in [0.717, 1.165) is 18.4 Å². The fourth-order valence-corrected chi connectivity index (χ4v) is 2.00. The third-order valence-corrected chi connectivity index (χ3v) is 3.08. The van der Waals surface area contributed by atoms with Gasteiger partial charge in [0, 0.05) is 0 Å². The maximum atomic E-state index is 10.9. The van der Waals surface area contributed by atoms with E-state index in [4.69, 9.17) is 9.84 Å². The summed E-state index contributed by atoms with van der Waals surface area (Å²) in [6.07, 6.45) is 7.10. The molecule has 0 saturated heterocycles. The molecule has 1 aromatic rings. The minimum absolute atomic E-state index is 0.279. The molecule has 0 unspecified atom stereocenters. The fourth-order valence-electron chi connectivity index (χ4n) is 2.00. The molecule has 1 rings (SSSR count). The van der Waals surface area contributed by atoms with E-state index < -0.39 is 5.97 Å². The fraction of sp³-hybridized carbons (Fsp3) is 0.533. The Balaban J connectivity index is 2.57. The third-order valence-electron chi connectivity index (χ3n) is 3.08. The van der Waals surface area contributed by atoms with Gasteiger partial charge in [-0.2, -0.15) is 0 Å². The van der Waals surface area contributed by atoms with Gasteiger partial charge >= 0.3 is 5.97 Å². The minimum atomic E-state index is -0.914. The summed E-state index contributed by atoms with van der Waals surface area (Å²) < 4.78 is 5.25. The van der Waals surface area contributed by atoms with Crippen molar-refractivity contribution in [2.24, 2.45) is 0 Å². The van der Waals surface area contributed by atoms with Gasteiger partial charge in [-0.15, -0.1) is 0 Å². The van der Waals surface area contributed by atoms with Crippen molar-refractivity contribution in [3.8, 4) is 5.75 Å². The van der Waals surface area contributed by atoms with E-state index in [0.29, 0.717) is 5.75 Å². The average molecular weight is 250 g/mol. The number of carbonyl (C=O) groups is 1. The molecule has 0 amide bonds. The molecule has 0 spiro atoms. The molecule has 0 atom stereocenters. The molecular formula is C15H22O3. The van der Waals surface area contributed by atoms with Crippen LogP contribution >= 0.6 is 0 Å². The molecule has 0 saturated carbocycles. The number of aryl methyl sites for hydroxylation is 1. The summed E-state index contributed by atoms with van der Waals surface area (Å²) in [6, 6.07) is 5.11. The summed E-state index contributed by atoms with van der Waals surface area (Å²) in [4.78, 5) is 10.9. The van der Waals surface area contributed by atoms with Crippen LogP contribution in [0.5, 0.6) is 5.75 Å². The summed E-state index contributed by atoms with van der Waals surface area (Å²) in [5.74, 6) is -0.229. The zero-order valence-corrected chi connectivity index (χ0v) is 11.2. The smallest absolute Gasteiger partial charge is 0.335 e. The average Bonchev–Trinajstić information content (AvgIpc) is 2.38. The molecule has 3 nitrogen and oxygen atoms in total. The molecule has 100 valence electrons. The molecular weight excluding hydrogens is 228 g/mol. The van der Waals surface area contributed by atoms with Crippen molar-refractivity contribution in [2.45, 2.75) is 45.4 Å². The lowest BCUT2D eigenvalue weighted by molar-refractivity contribution is 0.0696. The Labute approximate surface area is 109 Å². The number of benzene rings is 1. The SMILES string of the molecule is CCCCCCCc1ccc(C(=O)O)cc1OC. The number of rotatable bonds is 8. The number of hydrogen-bond acceptors (Lipinski definition) is 2. The molecule has 0 aliphatic heterocycles. The van der Waals surface area contributed by atoms with Crippen LogP contribution in [0.2, 0.25) is 0 Å². The first-order chi connectivity index (χ1) is 8.69. The van der Waals surface area contributed by atoms with Gasteiger partial charge in [0.25, 0.3) is 0 Å². The Bertz CT molecular complexity index is 385. The maximum absolute atomic E-state index is 10.9. The molecule has 0 aromatic heterocycles. The third kappa shape index (κ3) is 4.40. The van der Waals surface area contributed by atoms with Crippen LogP contribution in [0.1, 0.15) is 54.9 Å². The zero-order chi connectivity index (χ0) is 13.4. The molecule has 3 heteroatoms. The number of ether oxygens (including phenoxy) is 1. The quantitative estimate of drug-likeness (QED) is 0.712. The lowest BCUT2D eigenvalue weighted by atomic mass is 10.0. The Morgan fingerprint density at radius 1 is 1.22 bits per heavy atom. The first-order valence-electron chi connectivity index (χ1n) is 6.59. The van der Waals surface area contributed by atoms with Crippen LogP contribution in [0.15, 0.2) is 18.2 Å². The van der Waals surface area contributed by atoms with Crippen LogP contribution in [0.3, 0.4) is 0 Å². The van der Waals surface area contributed by atoms with Crippen LogP contribution < -0.4 is 4.74 Å². The molecule has 0 aliphatic carbocycles. The van der Waals surface area contributed by atoms with Crippen LogP contribution in [-0.4, -0.2) is 18.2 Å². The normalized spacial score (nSPS) is 10.3. The molecule has 0 aliphatic rings. The molecule has 0 radical (unpaired) electrons. The number of aromatic carboxylic acids is 1. The van der Waals surface area contributed by atoms with Crippen LogP contribution in [0.25, 0.3) is 0 Å². The first-order valence-corrected chi connectivity index (χ1v) is 6.59. The van der Waals surface area contributed by atoms with Gasteiger partial charge in [0.1, 0.15) is 5.75 Å². The van der Waals surface area contributed by atoms with Gasteiger partial charge in [0.15, 0.2) is 0 Å². The zero-order valence-electron chi connectivity index (χ0n) is 11.2. The molecule has 1 aromatic carbocycles. The van der Waals surface area contributed by atoms with E-state index in [2.05, 4.69) is 6.92 Å². The topological polar surface area (TPSA) is 46.5 Å². The van der Waals surface area contributed by atoms with Crippen molar-refractivity contribution in [1.29, 1.82) is 0 Å². The van der Waals surface area contributed by atoms with Crippen molar-refractivity contribution < 1.29 is 14.6 Å². The lowest BCUT2D eigenvalue weighted by Gasteiger charge is -2.09. The van der Waals surface area contributed by atoms with Crippen molar-refractivity contribution in [3.05, 3.63) is 29.3 Å². The second-order valence-corrected chi connectivity index (χ2v) is 4.50. The van der Waals surface area contributed by atoms with Gasteiger partial charge in [-0.3, -0.25) is 0 Å². The van der Waals surface area contributed by atoms with Crippen molar-refractivity contribution in [2.75, 3.05) is 7.11 Å². The second-order valence-electron chi connectivity index (χ2n) is 4.50. The van der Waals surface area contributed by atoms with Crippen molar-refractivity contribution in [3.63, 3.8) is 0 Å². The van der Waals surface area contributed by atoms with Crippen molar-refractivity contribution >= 4 is 5.97 Å². The lowest BCUT2D eigenvalue weighted by Crippen LogP contribution is -1.99. The molecule has 0 bridgehead atoms. The Hall–Kier alpha value is -1.51. The number of hydrogen-bond donors (Lipinski definition) is 1. The van der Waals surface area contributed by atoms with Gasteiger partial charge in [0.2, 0.25) is 0 Å². The van der Waals surface area contributed by atoms with E-state index in [9.17, 15) is 4.79 Å². The molecule has 18 heavy (non-hydrogen) atoms. The highest BCUT2D eigenvalue weighted by Gasteiger charge is 2.08. The predicted octanol–water partition coefficient (Wildman–Crippen LogP) is 3.91. The number of unbranched alkanes of at least 4 members (excludes halogenated alkanes) is 4. The largest absolute Gasteiger partial charge is 0.496 e. The highest BCUT2D eigenvalue weighted by molar-refractivity contribution is 5.88. The summed E-state index contributed by atoms with van der Waals surface area (Å²) in [5.41, 5.74) is 1.38. The van der Waals surface area contributed by atoms with Crippen LogP contribution in [0, 0.1) is 0 Å². The highest BCUT2D eigenvalue weighted by atomic mass is 16.5. The molecule has 0 fully saturated rings. The van der Waals surface area contributed by atoms with Gasteiger partial charge < -0.3 is 9.84 Å². The van der Waals surface area contributed by atoms with E-state index in [-0.39, 0.29) is 5.56 Å². The van der Waals surface area contributed by atoms with Gasteiger partial charge in [0.05, 0.1) is 12.7 Å². The summed E-state index contributed by atoms with van der Waals surface area (Å²) in [6.45, 7) is 2.20. The number of carboxylic acid groups (broad SMARTS) is 1. The Morgan fingerprint density at radius 3 is 2.56 bits per heavy atom. The van der Waals surface area contributed by atoms with Crippen LogP contribution in [0.4, 0.5) is 0 Å². The van der Waals surface area contributed by atoms with Gasteiger partial charge in [-0.25, -0.2) is 4.79 Å². The molecule has 1 N–H and O–H groups in total. The van der Waals surface area contributed by atoms with Gasteiger partial charge in [-0.1, -0.05) is 38.7 Å². The summed E-state index contributed by atoms with van der Waals surface area (Å²) in [7, 11) is 1.58. The van der Waals surface area contributed by atoms with E-state index >= 15 is 0 Å². The number of methoxy groups -OCH3 is 1. The highest BCUT2D eigenvalue weighted by Crippen LogP contribution is 2.22. The maximum Gasteiger partial charge on any atom is 0.335 e. The summed E-state index contributed by atoms with van der Waals surface area (Å²) >= 11 is 0. The monoisotopic (exact) mass is 250 g/mol. The second kappa shape index (κ2) is 7.75. The molecule has 0 heterocycles. The van der Waals surface area contributed by atoms with Crippen LogP contribution in [-0.2, 0) is 6.42 Å². The van der Waals surface area contributed by atoms with E-state index in [1.165, 1.54) is 25.7 Å². The first kappa shape index (κ1) is 14.6. The summed E-state index contributed by atoms with van der Waals surface area (Å²) in [5, 5.41) is 8.91. The Kier molecular flexibility index (Phi) is 6.26. The Morgan fingerprint density at radius 2 is 1.94 bits per heavy atom. The predicted molar refractivity (Wildman–Crippen MR) is 72.4 cm³/mol. The standard InChI is InChI=1S/C15H22O3/c1-3-4-5-6-7-8-12-9-10-13(15(16)17)11-14(12)18-2/h9-11H,3-8H2,1-2H3,(H,16,17). The number of carboxylic acids is 1. The van der Waals surface area contributed by atoms with Gasteiger partial charge in [-0.05, 0) is 30.5 Å². The minimum Gasteiger partial charge on any atom is -0.496 e. The van der Waals surface area contributed by atoms with E-state index in [1.807, 2.05) is 6.07 Å².